The first kappa shape index (κ1) is 20.3. The molecule has 1 aliphatic heterocycles. The second kappa shape index (κ2) is 9.20. The lowest BCUT2D eigenvalue weighted by Crippen LogP contribution is -2.46. The second-order valence-corrected chi connectivity index (χ2v) is 7.22. The summed E-state index contributed by atoms with van der Waals surface area (Å²) in [5, 5.41) is 2.18. The van der Waals surface area contributed by atoms with E-state index in [1.165, 1.54) is 0 Å². The average Bonchev–Trinajstić information content (AvgIpc) is 3.20. The third-order valence-electron chi connectivity index (χ3n) is 5.25. The molecular formula is C23H28O5. The molecule has 1 atom stereocenters. The third kappa shape index (κ3) is 4.36. The van der Waals surface area contributed by atoms with Crippen LogP contribution in [0.3, 0.4) is 0 Å². The standard InChI is InChI=1S/C23H28O5/c1-3-26-21(24)23(22(25)27-4-2,16-20-10-7-13-28-20)15-17-11-12-18-8-5-6-9-19(18)14-17/h5-6,8-9,11-12,14,20H,3-4,7,10,13,15-16H2,1-2H3. The monoisotopic (exact) mass is 384 g/mol. The maximum atomic E-state index is 13.1. The van der Waals surface area contributed by atoms with Crippen molar-refractivity contribution >= 4 is 22.7 Å². The van der Waals surface area contributed by atoms with E-state index in [1.807, 2.05) is 42.5 Å². The van der Waals surface area contributed by atoms with Crippen molar-refractivity contribution in [3.8, 4) is 0 Å². The van der Waals surface area contributed by atoms with E-state index in [9.17, 15) is 9.59 Å². The van der Waals surface area contributed by atoms with Crippen molar-refractivity contribution < 1.29 is 23.8 Å². The van der Waals surface area contributed by atoms with Gasteiger partial charge in [-0.15, -0.1) is 0 Å². The van der Waals surface area contributed by atoms with Gasteiger partial charge in [0.25, 0.3) is 0 Å². The summed E-state index contributed by atoms with van der Waals surface area (Å²) in [6.07, 6.45) is 2.13. The molecule has 1 unspecified atom stereocenters. The summed E-state index contributed by atoms with van der Waals surface area (Å²) < 4.78 is 16.5. The molecule has 3 rings (SSSR count). The first-order chi connectivity index (χ1) is 13.6. The summed E-state index contributed by atoms with van der Waals surface area (Å²) in [5.41, 5.74) is -0.499. The Morgan fingerprint density at radius 3 is 2.32 bits per heavy atom. The van der Waals surface area contributed by atoms with Crippen molar-refractivity contribution in [1.82, 2.24) is 0 Å². The summed E-state index contributed by atoms with van der Waals surface area (Å²) in [4.78, 5) is 26.1. The highest BCUT2D eigenvalue weighted by atomic mass is 16.6. The molecule has 0 radical (unpaired) electrons. The fourth-order valence-corrected chi connectivity index (χ4v) is 3.90. The van der Waals surface area contributed by atoms with Crippen LogP contribution < -0.4 is 0 Å². The number of fused-ring (bicyclic) bond motifs is 1. The maximum Gasteiger partial charge on any atom is 0.323 e. The molecule has 28 heavy (non-hydrogen) atoms. The Kier molecular flexibility index (Phi) is 6.68. The molecule has 0 spiro atoms. The number of carbonyl (C=O) groups excluding carboxylic acids is 2. The molecule has 1 saturated heterocycles. The Hall–Kier alpha value is -2.40. The Balaban J connectivity index is 1.99. The van der Waals surface area contributed by atoms with Gasteiger partial charge in [-0.3, -0.25) is 9.59 Å². The fraction of sp³-hybridized carbons (Fsp3) is 0.478. The molecule has 5 heteroatoms. The first-order valence-corrected chi connectivity index (χ1v) is 10.0. The van der Waals surface area contributed by atoms with Gasteiger partial charge in [0.1, 0.15) is 0 Å². The van der Waals surface area contributed by atoms with Crippen molar-refractivity contribution in [1.29, 1.82) is 0 Å². The topological polar surface area (TPSA) is 61.8 Å². The van der Waals surface area contributed by atoms with E-state index in [-0.39, 0.29) is 32.2 Å². The van der Waals surface area contributed by atoms with Crippen LogP contribution >= 0.6 is 0 Å². The average molecular weight is 384 g/mol. The van der Waals surface area contributed by atoms with Gasteiger partial charge in [-0.05, 0) is 49.4 Å². The number of esters is 2. The molecule has 5 nitrogen and oxygen atoms in total. The number of carbonyl (C=O) groups is 2. The van der Waals surface area contributed by atoms with Crippen LogP contribution in [-0.4, -0.2) is 37.9 Å². The smallest absolute Gasteiger partial charge is 0.323 e. The lowest BCUT2D eigenvalue weighted by atomic mass is 9.76. The van der Waals surface area contributed by atoms with Crippen LogP contribution in [-0.2, 0) is 30.2 Å². The normalized spacial score (nSPS) is 16.9. The van der Waals surface area contributed by atoms with Crippen molar-refractivity contribution in [2.24, 2.45) is 5.41 Å². The zero-order valence-electron chi connectivity index (χ0n) is 16.6. The third-order valence-corrected chi connectivity index (χ3v) is 5.25. The van der Waals surface area contributed by atoms with E-state index >= 15 is 0 Å². The van der Waals surface area contributed by atoms with Crippen LogP contribution in [0.5, 0.6) is 0 Å². The van der Waals surface area contributed by atoms with E-state index in [1.54, 1.807) is 13.8 Å². The Morgan fingerprint density at radius 1 is 1.04 bits per heavy atom. The summed E-state index contributed by atoms with van der Waals surface area (Å²) in [5.74, 6) is -1.06. The van der Waals surface area contributed by atoms with E-state index < -0.39 is 17.4 Å². The molecule has 1 aliphatic rings. The van der Waals surface area contributed by atoms with Gasteiger partial charge in [-0.1, -0.05) is 42.5 Å². The molecule has 2 aromatic rings. The molecule has 1 fully saturated rings. The molecular weight excluding hydrogens is 356 g/mol. The Labute approximate surface area is 166 Å². The van der Waals surface area contributed by atoms with Crippen molar-refractivity contribution in [3.05, 3.63) is 48.0 Å². The van der Waals surface area contributed by atoms with E-state index in [2.05, 4.69) is 0 Å². The zero-order chi connectivity index (χ0) is 20.0. The minimum Gasteiger partial charge on any atom is -0.465 e. The number of hydrogen-bond acceptors (Lipinski definition) is 5. The zero-order valence-corrected chi connectivity index (χ0v) is 16.6. The van der Waals surface area contributed by atoms with Crippen LogP contribution in [0.25, 0.3) is 10.8 Å². The number of rotatable bonds is 8. The largest absolute Gasteiger partial charge is 0.465 e. The SMILES string of the molecule is CCOC(=O)C(Cc1ccc2ccccc2c1)(CC1CCCO1)C(=O)OCC. The van der Waals surface area contributed by atoms with E-state index in [0.717, 1.165) is 29.2 Å². The van der Waals surface area contributed by atoms with Gasteiger partial charge in [-0.2, -0.15) is 0 Å². The van der Waals surface area contributed by atoms with E-state index in [0.29, 0.717) is 6.61 Å². The van der Waals surface area contributed by atoms with Crippen LogP contribution in [0.1, 0.15) is 38.7 Å². The predicted octanol–water partition coefficient (Wildman–Crippen LogP) is 4.06. The highest BCUT2D eigenvalue weighted by Gasteiger charge is 2.51. The van der Waals surface area contributed by atoms with Gasteiger partial charge in [-0.25, -0.2) is 0 Å². The molecule has 150 valence electrons. The molecule has 0 aliphatic carbocycles. The minimum atomic E-state index is -1.40. The summed E-state index contributed by atoms with van der Waals surface area (Å²) in [7, 11) is 0. The van der Waals surface area contributed by atoms with Crippen LogP contribution in [0.2, 0.25) is 0 Å². The number of benzene rings is 2. The van der Waals surface area contributed by atoms with Gasteiger partial charge in [0.2, 0.25) is 0 Å². The molecule has 1 heterocycles. The van der Waals surface area contributed by atoms with Crippen molar-refractivity contribution in [3.63, 3.8) is 0 Å². The maximum absolute atomic E-state index is 13.1. The molecule has 0 N–H and O–H groups in total. The molecule has 0 aromatic heterocycles. The van der Waals surface area contributed by atoms with Gasteiger partial charge >= 0.3 is 11.9 Å². The predicted molar refractivity (Wildman–Crippen MR) is 107 cm³/mol. The Morgan fingerprint density at radius 2 is 1.71 bits per heavy atom. The quantitative estimate of drug-likeness (QED) is 0.507. The Bertz CT molecular complexity index is 805. The minimum absolute atomic E-state index is 0.144. The lowest BCUT2D eigenvalue weighted by Gasteiger charge is -2.31. The second-order valence-electron chi connectivity index (χ2n) is 7.22. The molecule has 2 aromatic carbocycles. The van der Waals surface area contributed by atoms with Crippen LogP contribution in [0.4, 0.5) is 0 Å². The van der Waals surface area contributed by atoms with Crippen LogP contribution in [0, 0.1) is 5.41 Å². The molecule has 0 bridgehead atoms. The lowest BCUT2D eigenvalue weighted by molar-refractivity contribution is -0.174. The van der Waals surface area contributed by atoms with Gasteiger partial charge < -0.3 is 14.2 Å². The number of ether oxygens (including phenoxy) is 3. The highest BCUT2D eigenvalue weighted by Crippen LogP contribution is 2.36. The van der Waals surface area contributed by atoms with E-state index in [4.69, 9.17) is 14.2 Å². The van der Waals surface area contributed by atoms with Gasteiger partial charge in [0, 0.05) is 13.0 Å². The first-order valence-electron chi connectivity index (χ1n) is 10.0. The fourth-order valence-electron chi connectivity index (χ4n) is 3.90. The molecule has 0 saturated carbocycles. The van der Waals surface area contributed by atoms with Crippen molar-refractivity contribution in [2.75, 3.05) is 19.8 Å². The van der Waals surface area contributed by atoms with Crippen molar-refractivity contribution in [2.45, 2.75) is 45.6 Å². The van der Waals surface area contributed by atoms with Crippen LogP contribution in [0.15, 0.2) is 42.5 Å². The van der Waals surface area contributed by atoms with Gasteiger partial charge in [0.15, 0.2) is 5.41 Å². The summed E-state index contributed by atoms with van der Waals surface area (Å²) in [6, 6.07) is 14.0. The summed E-state index contributed by atoms with van der Waals surface area (Å²) >= 11 is 0. The van der Waals surface area contributed by atoms with Gasteiger partial charge in [0.05, 0.1) is 19.3 Å². The molecule has 0 amide bonds. The number of hydrogen-bond donors (Lipinski definition) is 0. The highest BCUT2D eigenvalue weighted by molar-refractivity contribution is 6.00. The summed E-state index contributed by atoms with van der Waals surface area (Å²) in [6.45, 7) is 4.57.